The van der Waals surface area contributed by atoms with Crippen LogP contribution in [-0.4, -0.2) is 29.2 Å². The minimum Gasteiger partial charge on any atom is -0.369 e. The average Bonchev–Trinajstić information content (AvgIpc) is 2.53. The van der Waals surface area contributed by atoms with Gasteiger partial charge in [-0.25, -0.2) is 0 Å². The van der Waals surface area contributed by atoms with Crippen molar-refractivity contribution in [2.75, 3.05) is 18.4 Å². The SMILES string of the molecule is CCCCC(CC)CNC(=O)c1ccc(NCCC)nn1. The molecule has 0 fully saturated rings. The zero-order valence-electron chi connectivity index (χ0n) is 13.5. The predicted octanol–water partition coefficient (Wildman–Crippen LogP) is 3.24. The first-order chi connectivity index (χ1) is 10.2. The van der Waals surface area contributed by atoms with Crippen LogP contribution < -0.4 is 10.6 Å². The Hall–Kier alpha value is -1.65. The Morgan fingerprint density at radius 2 is 2.00 bits per heavy atom. The molecule has 0 spiro atoms. The van der Waals surface area contributed by atoms with Gasteiger partial charge in [-0.1, -0.05) is 40.0 Å². The van der Waals surface area contributed by atoms with Crippen LogP contribution in [0.5, 0.6) is 0 Å². The fourth-order valence-corrected chi connectivity index (χ4v) is 2.07. The maximum absolute atomic E-state index is 12.0. The Kier molecular flexibility index (Phi) is 8.40. The van der Waals surface area contributed by atoms with E-state index in [2.05, 4.69) is 41.6 Å². The van der Waals surface area contributed by atoms with Crippen molar-refractivity contribution in [2.24, 2.45) is 5.92 Å². The number of hydrogen-bond acceptors (Lipinski definition) is 4. The highest BCUT2D eigenvalue weighted by Gasteiger charge is 2.11. The van der Waals surface area contributed by atoms with Crippen LogP contribution in [0.25, 0.3) is 0 Å². The molecule has 1 atom stereocenters. The second-order valence-electron chi connectivity index (χ2n) is 5.36. The molecule has 0 aliphatic carbocycles. The Morgan fingerprint density at radius 1 is 1.19 bits per heavy atom. The highest BCUT2D eigenvalue weighted by molar-refractivity contribution is 5.92. The van der Waals surface area contributed by atoms with Crippen LogP contribution in [0.1, 0.15) is 63.4 Å². The van der Waals surface area contributed by atoms with Gasteiger partial charge in [0.25, 0.3) is 5.91 Å². The average molecular weight is 292 g/mol. The molecule has 1 amide bonds. The Labute approximate surface area is 127 Å². The highest BCUT2D eigenvalue weighted by Crippen LogP contribution is 2.11. The smallest absolute Gasteiger partial charge is 0.271 e. The van der Waals surface area contributed by atoms with Gasteiger partial charge in [0.1, 0.15) is 5.82 Å². The molecule has 0 aliphatic heterocycles. The van der Waals surface area contributed by atoms with Crippen molar-refractivity contribution in [2.45, 2.75) is 52.9 Å². The van der Waals surface area contributed by atoms with E-state index in [1.54, 1.807) is 12.1 Å². The van der Waals surface area contributed by atoms with Gasteiger partial charge >= 0.3 is 0 Å². The summed E-state index contributed by atoms with van der Waals surface area (Å²) in [5.41, 5.74) is 0.377. The van der Waals surface area contributed by atoms with Gasteiger partial charge in [-0.2, -0.15) is 0 Å². The Balaban J connectivity index is 2.43. The first kappa shape index (κ1) is 17.4. The number of unbranched alkanes of at least 4 members (excludes halogenated alkanes) is 1. The van der Waals surface area contributed by atoms with Gasteiger partial charge in [0, 0.05) is 13.1 Å². The monoisotopic (exact) mass is 292 g/mol. The largest absolute Gasteiger partial charge is 0.369 e. The molecule has 2 N–H and O–H groups in total. The van der Waals surface area contributed by atoms with Crippen molar-refractivity contribution in [3.05, 3.63) is 17.8 Å². The number of aromatic nitrogens is 2. The third-order valence-electron chi connectivity index (χ3n) is 3.55. The van der Waals surface area contributed by atoms with E-state index in [9.17, 15) is 4.79 Å². The number of hydrogen-bond donors (Lipinski definition) is 2. The van der Waals surface area contributed by atoms with E-state index < -0.39 is 0 Å². The molecule has 5 heteroatoms. The van der Waals surface area contributed by atoms with Gasteiger partial charge in [0.05, 0.1) is 0 Å². The van der Waals surface area contributed by atoms with Crippen molar-refractivity contribution in [3.63, 3.8) is 0 Å². The lowest BCUT2D eigenvalue weighted by atomic mass is 9.99. The number of rotatable bonds is 10. The number of amides is 1. The summed E-state index contributed by atoms with van der Waals surface area (Å²) in [5, 5.41) is 14.1. The molecular weight excluding hydrogens is 264 g/mol. The third-order valence-corrected chi connectivity index (χ3v) is 3.55. The van der Waals surface area contributed by atoms with Crippen LogP contribution in [0.3, 0.4) is 0 Å². The van der Waals surface area contributed by atoms with Crippen LogP contribution >= 0.6 is 0 Å². The number of nitrogens with one attached hydrogen (secondary N) is 2. The van der Waals surface area contributed by atoms with Crippen LogP contribution in [0.4, 0.5) is 5.82 Å². The quantitative estimate of drug-likeness (QED) is 0.694. The van der Waals surface area contributed by atoms with E-state index in [0.29, 0.717) is 24.0 Å². The summed E-state index contributed by atoms with van der Waals surface area (Å²) in [6.45, 7) is 8.02. The van der Waals surface area contributed by atoms with Crippen LogP contribution in [0.2, 0.25) is 0 Å². The first-order valence-corrected chi connectivity index (χ1v) is 8.07. The molecular formula is C16H28N4O. The number of carbonyl (C=O) groups excluding carboxylic acids is 1. The molecule has 1 aromatic heterocycles. The summed E-state index contributed by atoms with van der Waals surface area (Å²) in [6.07, 6.45) is 5.69. The van der Waals surface area contributed by atoms with E-state index in [1.165, 1.54) is 19.3 Å². The van der Waals surface area contributed by atoms with Gasteiger partial charge in [-0.05, 0) is 30.9 Å². The normalized spacial score (nSPS) is 12.0. The molecule has 1 aromatic rings. The van der Waals surface area contributed by atoms with E-state index in [4.69, 9.17) is 0 Å². The maximum atomic E-state index is 12.0. The summed E-state index contributed by atoms with van der Waals surface area (Å²) in [4.78, 5) is 12.0. The first-order valence-electron chi connectivity index (χ1n) is 8.07. The fourth-order valence-electron chi connectivity index (χ4n) is 2.07. The van der Waals surface area contributed by atoms with Crippen molar-refractivity contribution in [1.29, 1.82) is 0 Å². The summed E-state index contributed by atoms with van der Waals surface area (Å²) >= 11 is 0. The van der Waals surface area contributed by atoms with E-state index in [-0.39, 0.29) is 5.91 Å². The van der Waals surface area contributed by atoms with Gasteiger partial charge in [0.2, 0.25) is 0 Å². The fraction of sp³-hybridized carbons (Fsp3) is 0.688. The molecule has 0 radical (unpaired) electrons. The lowest BCUT2D eigenvalue weighted by Crippen LogP contribution is -2.30. The number of carbonyl (C=O) groups is 1. The highest BCUT2D eigenvalue weighted by atomic mass is 16.1. The van der Waals surface area contributed by atoms with Gasteiger partial charge in [-0.3, -0.25) is 4.79 Å². The van der Waals surface area contributed by atoms with Crippen molar-refractivity contribution in [1.82, 2.24) is 15.5 Å². The second kappa shape index (κ2) is 10.1. The standard InChI is InChI=1S/C16H28N4O/c1-4-7-8-13(6-3)12-18-16(21)14-9-10-15(20-19-14)17-11-5-2/h9-10,13H,4-8,11-12H2,1-3H3,(H,17,20)(H,18,21). The molecule has 0 saturated heterocycles. The molecule has 21 heavy (non-hydrogen) atoms. The van der Waals surface area contributed by atoms with Crippen LogP contribution in [0, 0.1) is 5.92 Å². The maximum Gasteiger partial charge on any atom is 0.271 e. The van der Waals surface area contributed by atoms with E-state index >= 15 is 0 Å². The zero-order chi connectivity index (χ0) is 15.5. The summed E-state index contributed by atoms with van der Waals surface area (Å²) < 4.78 is 0. The predicted molar refractivity (Wildman–Crippen MR) is 86.5 cm³/mol. The lowest BCUT2D eigenvalue weighted by Gasteiger charge is -2.14. The van der Waals surface area contributed by atoms with E-state index in [1.807, 2.05) is 0 Å². The summed E-state index contributed by atoms with van der Waals surface area (Å²) in [5.74, 6) is 1.12. The Morgan fingerprint density at radius 3 is 2.57 bits per heavy atom. The minimum absolute atomic E-state index is 0.139. The molecule has 0 saturated carbocycles. The van der Waals surface area contributed by atoms with Crippen molar-refractivity contribution >= 4 is 11.7 Å². The third kappa shape index (κ3) is 6.56. The summed E-state index contributed by atoms with van der Waals surface area (Å²) in [7, 11) is 0. The second-order valence-corrected chi connectivity index (χ2v) is 5.36. The molecule has 1 heterocycles. The molecule has 0 aromatic carbocycles. The van der Waals surface area contributed by atoms with Gasteiger partial charge < -0.3 is 10.6 Å². The zero-order valence-corrected chi connectivity index (χ0v) is 13.5. The molecule has 118 valence electrons. The van der Waals surface area contributed by atoms with Crippen molar-refractivity contribution in [3.8, 4) is 0 Å². The minimum atomic E-state index is -0.139. The molecule has 1 rings (SSSR count). The van der Waals surface area contributed by atoms with Crippen molar-refractivity contribution < 1.29 is 4.79 Å². The molecule has 5 nitrogen and oxygen atoms in total. The van der Waals surface area contributed by atoms with Gasteiger partial charge in [0.15, 0.2) is 5.69 Å². The number of anilines is 1. The van der Waals surface area contributed by atoms with Gasteiger partial charge in [-0.15, -0.1) is 10.2 Å². The topological polar surface area (TPSA) is 66.9 Å². The van der Waals surface area contributed by atoms with Crippen LogP contribution in [-0.2, 0) is 0 Å². The molecule has 1 unspecified atom stereocenters. The lowest BCUT2D eigenvalue weighted by molar-refractivity contribution is 0.0940. The molecule has 0 bridgehead atoms. The summed E-state index contributed by atoms with van der Waals surface area (Å²) in [6, 6.07) is 3.51. The van der Waals surface area contributed by atoms with E-state index in [0.717, 1.165) is 19.4 Å². The number of nitrogens with zero attached hydrogens (tertiary/aromatic N) is 2. The Bertz CT molecular complexity index is 405. The molecule has 0 aliphatic rings. The van der Waals surface area contributed by atoms with Crippen LogP contribution in [0.15, 0.2) is 12.1 Å².